The average Bonchev–Trinajstić information content (AvgIpc) is 2.46. The first kappa shape index (κ1) is 15.7. The normalized spacial score (nSPS) is 11.9. The second kappa shape index (κ2) is 6.42. The Balaban J connectivity index is 2.42. The largest absolute Gasteiger partial charge is 0.316 e. The summed E-state index contributed by atoms with van der Waals surface area (Å²) in [6.45, 7) is 6.51. The molecule has 0 unspecified atom stereocenters. The predicted molar refractivity (Wildman–Crippen MR) is 90.2 cm³/mol. The molecule has 0 aliphatic rings. The molecule has 21 heavy (non-hydrogen) atoms. The quantitative estimate of drug-likeness (QED) is 0.823. The minimum absolute atomic E-state index is 0.0572. The third-order valence-corrected chi connectivity index (χ3v) is 4.36. The molecule has 2 nitrogen and oxygen atoms in total. The first-order chi connectivity index (χ1) is 9.91. The van der Waals surface area contributed by atoms with Crippen LogP contribution >= 0.6 is 0 Å². The average molecular weight is 282 g/mol. The summed E-state index contributed by atoms with van der Waals surface area (Å²) < 4.78 is 0. The van der Waals surface area contributed by atoms with E-state index in [2.05, 4.69) is 69.3 Å². The second-order valence-corrected chi connectivity index (χ2v) is 6.27. The van der Waals surface area contributed by atoms with E-state index in [-0.39, 0.29) is 11.6 Å². The van der Waals surface area contributed by atoms with Gasteiger partial charge >= 0.3 is 0 Å². The third kappa shape index (κ3) is 3.72. The van der Waals surface area contributed by atoms with E-state index in [0.29, 0.717) is 0 Å². The third-order valence-electron chi connectivity index (χ3n) is 4.36. The number of hydrogen-bond acceptors (Lipinski definition) is 2. The van der Waals surface area contributed by atoms with Crippen molar-refractivity contribution in [3.8, 4) is 0 Å². The summed E-state index contributed by atoms with van der Waals surface area (Å²) >= 11 is 0. The van der Waals surface area contributed by atoms with E-state index in [9.17, 15) is 0 Å². The van der Waals surface area contributed by atoms with Gasteiger partial charge in [-0.2, -0.15) is 0 Å². The summed E-state index contributed by atoms with van der Waals surface area (Å²) in [5.41, 5.74) is 16.7. The molecule has 2 heteroatoms. The van der Waals surface area contributed by atoms with E-state index in [1.165, 1.54) is 22.3 Å². The second-order valence-electron chi connectivity index (χ2n) is 6.27. The molecular weight excluding hydrogens is 256 g/mol. The number of benzene rings is 2. The number of aryl methyl sites for hydroxylation is 2. The van der Waals surface area contributed by atoms with Gasteiger partial charge in [-0.25, -0.2) is 0 Å². The van der Waals surface area contributed by atoms with Gasteiger partial charge < -0.3 is 11.5 Å². The highest BCUT2D eigenvalue weighted by atomic mass is 14.8. The standard InChI is InChI=1S/C19H26N2/c1-14-4-8-16(9-5-14)19(3,13-12-18(20)21)17-10-6-15(2)7-11-17/h4-11,18H,12-13,20-21H2,1-3H3. The highest BCUT2D eigenvalue weighted by Gasteiger charge is 2.28. The lowest BCUT2D eigenvalue weighted by Crippen LogP contribution is -2.34. The maximum absolute atomic E-state index is 5.78. The zero-order chi connectivity index (χ0) is 15.5. The molecule has 0 spiro atoms. The molecule has 2 aromatic carbocycles. The van der Waals surface area contributed by atoms with Crippen LogP contribution in [-0.2, 0) is 5.41 Å². The molecule has 0 saturated carbocycles. The molecule has 0 atom stereocenters. The molecule has 0 aromatic heterocycles. The van der Waals surface area contributed by atoms with Gasteiger partial charge in [-0.3, -0.25) is 0 Å². The van der Waals surface area contributed by atoms with Crippen molar-refractivity contribution in [2.45, 2.75) is 45.2 Å². The lowest BCUT2D eigenvalue weighted by molar-refractivity contribution is 0.462. The van der Waals surface area contributed by atoms with Gasteiger partial charge in [0.15, 0.2) is 0 Å². The van der Waals surface area contributed by atoms with Crippen LogP contribution in [0.1, 0.15) is 42.0 Å². The van der Waals surface area contributed by atoms with Crippen LogP contribution in [0.2, 0.25) is 0 Å². The van der Waals surface area contributed by atoms with Crippen LogP contribution in [0, 0.1) is 13.8 Å². The SMILES string of the molecule is Cc1ccc(C(C)(CCC(N)N)c2ccc(C)cc2)cc1. The van der Waals surface area contributed by atoms with Crippen molar-refractivity contribution >= 4 is 0 Å². The number of nitrogens with two attached hydrogens (primary N) is 2. The van der Waals surface area contributed by atoms with E-state index in [0.717, 1.165) is 12.8 Å². The number of hydrogen-bond donors (Lipinski definition) is 2. The fraction of sp³-hybridized carbons (Fsp3) is 0.368. The van der Waals surface area contributed by atoms with E-state index >= 15 is 0 Å². The summed E-state index contributed by atoms with van der Waals surface area (Å²) in [5.74, 6) is 0. The predicted octanol–water partition coefficient (Wildman–Crippen LogP) is 3.63. The molecule has 0 fully saturated rings. The van der Waals surface area contributed by atoms with Crippen molar-refractivity contribution in [3.05, 3.63) is 70.8 Å². The van der Waals surface area contributed by atoms with Crippen molar-refractivity contribution in [3.63, 3.8) is 0 Å². The van der Waals surface area contributed by atoms with Crippen LogP contribution in [0.5, 0.6) is 0 Å². The van der Waals surface area contributed by atoms with Gasteiger partial charge in [-0.15, -0.1) is 0 Å². The molecule has 2 aromatic rings. The van der Waals surface area contributed by atoms with Crippen molar-refractivity contribution in [2.24, 2.45) is 11.5 Å². The first-order valence-electron chi connectivity index (χ1n) is 7.57. The van der Waals surface area contributed by atoms with Crippen LogP contribution in [0.15, 0.2) is 48.5 Å². The van der Waals surface area contributed by atoms with Gasteiger partial charge in [0.25, 0.3) is 0 Å². The maximum atomic E-state index is 5.78. The Morgan fingerprint density at radius 1 is 0.810 bits per heavy atom. The zero-order valence-corrected chi connectivity index (χ0v) is 13.3. The summed E-state index contributed by atoms with van der Waals surface area (Å²) in [4.78, 5) is 0. The van der Waals surface area contributed by atoms with Crippen LogP contribution < -0.4 is 11.5 Å². The Morgan fingerprint density at radius 3 is 1.52 bits per heavy atom. The summed E-state index contributed by atoms with van der Waals surface area (Å²) in [5, 5.41) is 0. The van der Waals surface area contributed by atoms with Crippen LogP contribution in [0.25, 0.3) is 0 Å². The van der Waals surface area contributed by atoms with Gasteiger partial charge in [0, 0.05) is 5.41 Å². The van der Waals surface area contributed by atoms with Crippen LogP contribution in [0.3, 0.4) is 0 Å². The van der Waals surface area contributed by atoms with E-state index in [1.807, 2.05) is 0 Å². The van der Waals surface area contributed by atoms with Gasteiger partial charge in [-0.05, 0) is 37.8 Å². The molecule has 112 valence electrons. The van der Waals surface area contributed by atoms with Gasteiger partial charge in [0.1, 0.15) is 0 Å². The van der Waals surface area contributed by atoms with E-state index in [1.54, 1.807) is 0 Å². The molecule has 0 amide bonds. The van der Waals surface area contributed by atoms with Crippen LogP contribution in [-0.4, -0.2) is 6.17 Å². The van der Waals surface area contributed by atoms with Crippen molar-refractivity contribution in [1.82, 2.24) is 0 Å². The lowest BCUT2D eigenvalue weighted by atomic mass is 9.72. The summed E-state index contributed by atoms with van der Waals surface area (Å²) in [6.07, 6.45) is 1.48. The Bertz CT molecular complexity index is 522. The van der Waals surface area contributed by atoms with Gasteiger partial charge in [0.05, 0.1) is 6.17 Å². The Labute approximate surface area is 128 Å². The van der Waals surface area contributed by atoms with Gasteiger partial charge in [-0.1, -0.05) is 66.6 Å². The van der Waals surface area contributed by atoms with Crippen LogP contribution in [0.4, 0.5) is 0 Å². The highest BCUT2D eigenvalue weighted by molar-refractivity contribution is 5.40. The molecule has 0 saturated heterocycles. The monoisotopic (exact) mass is 282 g/mol. The van der Waals surface area contributed by atoms with Crippen molar-refractivity contribution in [1.29, 1.82) is 0 Å². The molecule has 4 N–H and O–H groups in total. The Morgan fingerprint density at radius 2 is 1.19 bits per heavy atom. The number of rotatable bonds is 5. The molecular formula is C19H26N2. The minimum atomic E-state index is -0.264. The Kier molecular flexibility index (Phi) is 4.81. The van der Waals surface area contributed by atoms with Gasteiger partial charge in [0.2, 0.25) is 0 Å². The Hall–Kier alpha value is -1.64. The highest BCUT2D eigenvalue weighted by Crippen LogP contribution is 2.36. The molecule has 2 rings (SSSR count). The molecule has 0 heterocycles. The zero-order valence-electron chi connectivity index (χ0n) is 13.3. The van der Waals surface area contributed by atoms with E-state index in [4.69, 9.17) is 11.5 Å². The molecule has 0 aliphatic heterocycles. The summed E-state index contributed by atoms with van der Waals surface area (Å²) in [7, 11) is 0. The lowest BCUT2D eigenvalue weighted by Gasteiger charge is -2.32. The minimum Gasteiger partial charge on any atom is -0.316 e. The van der Waals surface area contributed by atoms with Crippen molar-refractivity contribution < 1.29 is 0 Å². The maximum Gasteiger partial charge on any atom is 0.0521 e. The molecule has 0 radical (unpaired) electrons. The summed E-state index contributed by atoms with van der Waals surface area (Å²) in [6, 6.07) is 17.6. The molecule has 0 bridgehead atoms. The topological polar surface area (TPSA) is 52.0 Å². The smallest absolute Gasteiger partial charge is 0.0521 e. The van der Waals surface area contributed by atoms with Crippen molar-refractivity contribution in [2.75, 3.05) is 0 Å². The fourth-order valence-corrected chi connectivity index (χ4v) is 2.75. The first-order valence-corrected chi connectivity index (χ1v) is 7.57. The van der Waals surface area contributed by atoms with E-state index < -0.39 is 0 Å². The molecule has 0 aliphatic carbocycles. The fourth-order valence-electron chi connectivity index (χ4n) is 2.75.